The number of unbranched alkanes of at least 4 members (excludes halogenated alkanes) is 3. The second-order valence-corrected chi connectivity index (χ2v) is 6.02. The molecule has 1 N–H and O–H groups in total. The summed E-state index contributed by atoms with van der Waals surface area (Å²) in [7, 11) is 0. The SMILES string of the molecule is CCCCCCC(C)NCC1CCCCCC1. The molecule has 1 unspecified atom stereocenters. The smallest absolute Gasteiger partial charge is 0.00388 e. The number of hydrogen-bond donors (Lipinski definition) is 1. The Morgan fingerprint density at radius 2 is 1.71 bits per heavy atom. The van der Waals surface area contributed by atoms with E-state index in [9.17, 15) is 0 Å². The molecular formula is C16H33N. The van der Waals surface area contributed by atoms with Crippen molar-refractivity contribution >= 4 is 0 Å². The molecule has 0 spiro atoms. The Kier molecular flexibility index (Phi) is 8.78. The van der Waals surface area contributed by atoms with Crippen LogP contribution >= 0.6 is 0 Å². The van der Waals surface area contributed by atoms with Crippen molar-refractivity contribution in [2.24, 2.45) is 5.92 Å². The van der Waals surface area contributed by atoms with E-state index in [0.717, 1.165) is 12.0 Å². The summed E-state index contributed by atoms with van der Waals surface area (Å²) in [6, 6.07) is 0.732. The molecule has 17 heavy (non-hydrogen) atoms. The number of nitrogens with one attached hydrogen (secondary N) is 1. The topological polar surface area (TPSA) is 12.0 Å². The van der Waals surface area contributed by atoms with Crippen LogP contribution < -0.4 is 5.32 Å². The van der Waals surface area contributed by atoms with E-state index in [2.05, 4.69) is 19.2 Å². The molecule has 0 heterocycles. The molecule has 1 saturated carbocycles. The minimum atomic E-state index is 0.732. The third kappa shape index (κ3) is 7.81. The van der Waals surface area contributed by atoms with Gasteiger partial charge < -0.3 is 5.32 Å². The molecule has 1 aliphatic rings. The summed E-state index contributed by atoms with van der Waals surface area (Å²) >= 11 is 0. The fourth-order valence-corrected chi connectivity index (χ4v) is 2.92. The van der Waals surface area contributed by atoms with Gasteiger partial charge in [-0.3, -0.25) is 0 Å². The van der Waals surface area contributed by atoms with Gasteiger partial charge >= 0.3 is 0 Å². The molecule has 1 heteroatoms. The molecule has 0 aromatic heterocycles. The van der Waals surface area contributed by atoms with Gasteiger partial charge in [-0.25, -0.2) is 0 Å². The van der Waals surface area contributed by atoms with Crippen molar-refractivity contribution in [2.75, 3.05) is 6.54 Å². The molecule has 0 aliphatic heterocycles. The molecule has 1 rings (SSSR count). The van der Waals surface area contributed by atoms with Gasteiger partial charge in [-0.1, -0.05) is 58.3 Å². The summed E-state index contributed by atoms with van der Waals surface area (Å²) in [6.07, 6.45) is 15.8. The van der Waals surface area contributed by atoms with Crippen LogP contribution in [-0.2, 0) is 0 Å². The van der Waals surface area contributed by atoms with Gasteiger partial charge in [-0.15, -0.1) is 0 Å². The van der Waals surface area contributed by atoms with Crippen LogP contribution in [0, 0.1) is 5.92 Å². The third-order valence-corrected chi connectivity index (χ3v) is 4.22. The maximum Gasteiger partial charge on any atom is 0.00388 e. The van der Waals surface area contributed by atoms with Gasteiger partial charge in [0.05, 0.1) is 0 Å². The second-order valence-electron chi connectivity index (χ2n) is 6.02. The van der Waals surface area contributed by atoms with E-state index in [0.29, 0.717) is 0 Å². The van der Waals surface area contributed by atoms with Crippen LogP contribution in [-0.4, -0.2) is 12.6 Å². The first-order valence-electron chi connectivity index (χ1n) is 8.06. The normalized spacial score (nSPS) is 20.1. The minimum absolute atomic E-state index is 0.732. The van der Waals surface area contributed by atoms with Crippen LogP contribution in [0.4, 0.5) is 0 Å². The molecule has 0 amide bonds. The summed E-state index contributed by atoms with van der Waals surface area (Å²) < 4.78 is 0. The van der Waals surface area contributed by atoms with Crippen molar-refractivity contribution < 1.29 is 0 Å². The van der Waals surface area contributed by atoms with E-state index < -0.39 is 0 Å². The lowest BCUT2D eigenvalue weighted by molar-refractivity contribution is 0.385. The predicted octanol–water partition coefficient (Wildman–Crippen LogP) is 4.91. The van der Waals surface area contributed by atoms with E-state index in [4.69, 9.17) is 0 Å². The minimum Gasteiger partial charge on any atom is -0.314 e. The highest BCUT2D eigenvalue weighted by molar-refractivity contribution is 4.69. The average Bonchev–Trinajstić information content (AvgIpc) is 2.60. The van der Waals surface area contributed by atoms with Gasteiger partial charge in [0.25, 0.3) is 0 Å². The highest BCUT2D eigenvalue weighted by atomic mass is 14.9. The van der Waals surface area contributed by atoms with E-state index in [1.54, 1.807) is 0 Å². The Hall–Kier alpha value is -0.0400. The predicted molar refractivity (Wildman–Crippen MR) is 77.4 cm³/mol. The quantitative estimate of drug-likeness (QED) is 0.469. The van der Waals surface area contributed by atoms with Gasteiger partial charge in [-0.2, -0.15) is 0 Å². The van der Waals surface area contributed by atoms with Crippen molar-refractivity contribution in [1.82, 2.24) is 5.32 Å². The first kappa shape index (κ1) is 15.0. The van der Waals surface area contributed by atoms with Crippen LogP contribution in [0.2, 0.25) is 0 Å². The Labute approximate surface area is 109 Å². The maximum atomic E-state index is 3.76. The standard InChI is InChI=1S/C16H33N/c1-3-4-5-8-11-15(2)17-14-16-12-9-6-7-10-13-16/h15-17H,3-14H2,1-2H3. The molecule has 0 radical (unpaired) electrons. The molecule has 0 aromatic rings. The summed E-state index contributed by atoms with van der Waals surface area (Å²) in [5, 5.41) is 3.76. The third-order valence-electron chi connectivity index (χ3n) is 4.22. The molecule has 1 atom stereocenters. The van der Waals surface area contributed by atoms with Crippen LogP contribution in [0.15, 0.2) is 0 Å². The largest absolute Gasteiger partial charge is 0.314 e. The average molecular weight is 239 g/mol. The Balaban J connectivity index is 1.99. The van der Waals surface area contributed by atoms with Gasteiger partial charge in [0.1, 0.15) is 0 Å². The Morgan fingerprint density at radius 3 is 2.35 bits per heavy atom. The van der Waals surface area contributed by atoms with Crippen LogP contribution in [0.5, 0.6) is 0 Å². The second kappa shape index (κ2) is 9.94. The van der Waals surface area contributed by atoms with Crippen molar-refractivity contribution in [3.05, 3.63) is 0 Å². The molecule has 1 fully saturated rings. The van der Waals surface area contributed by atoms with Gasteiger partial charge in [-0.05, 0) is 38.6 Å². The van der Waals surface area contributed by atoms with Gasteiger partial charge in [0.15, 0.2) is 0 Å². The monoisotopic (exact) mass is 239 g/mol. The Morgan fingerprint density at radius 1 is 1.00 bits per heavy atom. The van der Waals surface area contributed by atoms with Crippen molar-refractivity contribution in [3.8, 4) is 0 Å². The van der Waals surface area contributed by atoms with Gasteiger partial charge in [0.2, 0.25) is 0 Å². The summed E-state index contributed by atoms with van der Waals surface area (Å²) in [5.74, 6) is 0.968. The lowest BCUT2D eigenvalue weighted by Crippen LogP contribution is -2.31. The zero-order valence-electron chi connectivity index (χ0n) is 12.1. The van der Waals surface area contributed by atoms with E-state index in [1.165, 1.54) is 77.2 Å². The lowest BCUT2D eigenvalue weighted by atomic mass is 9.99. The first-order chi connectivity index (χ1) is 8.33. The van der Waals surface area contributed by atoms with Crippen molar-refractivity contribution in [1.29, 1.82) is 0 Å². The van der Waals surface area contributed by atoms with E-state index in [-0.39, 0.29) is 0 Å². The lowest BCUT2D eigenvalue weighted by Gasteiger charge is -2.19. The van der Waals surface area contributed by atoms with Gasteiger partial charge in [0, 0.05) is 6.04 Å². The number of hydrogen-bond acceptors (Lipinski definition) is 1. The van der Waals surface area contributed by atoms with E-state index >= 15 is 0 Å². The van der Waals surface area contributed by atoms with Crippen LogP contribution in [0.3, 0.4) is 0 Å². The fourth-order valence-electron chi connectivity index (χ4n) is 2.92. The summed E-state index contributed by atoms with van der Waals surface area (Å²) in [6.45, 7) is 5.92. The summed E-state index contributed by atoms with van der Waals surface area (Å²) in [4.78, 5) is 0. The first-order valence-corrected chi connectivity index (χ1v) is 8.06. The van der Waals surface area contributed by atoms with Crippen LogP contribution in [0.1, 0.15) is 84.5 Å². The van der Waals surface area contributed by atoms with Crippen LogP contribution in [0.25, 0.3) is 0 Å². The molecule has 0 bridgehead atoms. The van der Waals surface area contributed by atoms with E-state index in [1.807, 2.05) is 0 Å². The molecule has 1 nitrogen and oxygen atoms in total. The molecule has 1 aliphatic carbocycles. The Bertz CT molecular complexity index is 159. The number of rotatable bonds is 8. The fraction of sp³-hybridized carbons (Fsp3) is 1.00. The molecule has 0 saturated heterocycles. The molecule has 102 valence electrons. The molecular weight excluding hydrogens is 206 g/mol. The van der Waals surface area contributed by atoms with Crippen molar-refractivity contribution in [3.63, 3.8) is 0 Å². The highest BCUT2D eigenvalue weighted by Crippen LogP contribution is 2.22. The zero-order valence-corrected chi connectivity index (χ0v) is 12.1. The molecule has 0 aromatic carbocycles. The van der Waals surface area contributed by atoms with Crippen molar-refractivity contribution in [2.45, 2.75) is 90.5 Å². The highest BCUT2D eigenvalue weighted by Gasteiger charge is 2.12. The zero-order chi connectivity index (χ0) is 12.3. The summed E-state index contributed by atoms with van der Waals surface area (Å²) in [5.41, 5.74) is 0. The maximum absolute atomic E-state index is 3.76.